The molecule has 1 aliphatic rings. The Morgan fingerprint density at radius 3 is 3.11 bits per heavy atom. The molecule has 1 aliphatic heterocycles. The molecule has 0 bridgehead atoms. The third kappa shape index (κ3) is 2.41. The zero-order valence-corrected chi connectivity index (χ0v) is 10.00. The maximum Gasteiger partial charge on any atom is 0.230 e. The number of nitrogens with one attached hydrogen (secondary N) is 1. The van der Waals surface area contributed by atoms with Gasteiger partial charge < -0.3 is 10.4 Å². The average Bonchev–Trinajstić information content (AvgIpc) is 2.73. The molecule has 94 valence electrons. The normalized spacial score (nSPS) is 23.6. The van der Waals surface area contributed by atoms with E-state index in [4.69, 9.17) is 5.26 Å². The summed E-state index contributed by atoms with van der Waals surface area (Å²) in [7, 11) is 1.82. The highest BCUT2D eigenvalue weighted by molar-refractivity contribution is 5.93. The Labute approximate surface area is 105 Å². The molecule has 1 aromatic rings. The summed E-state index contributed by atoms with van der Waals surface area (Å²) in [6, 6.07) is 4.97. The molecule has 1 amide bonds. The van der Waals surface area contributed by atoms with Crippen molar-refractivity contribution >= 4 is 11.7 Å². The van der Waals surface area contributed by atoms with Crippen molar-refractivity contribution in [2.45, 2.75) is 12.5 Å². The lowest BCUT2D eigenvalue weighted by Crippen LogP contribution is -2.26. The highest BCUT2D eigenvalue weighted by atomic mass is 16.3. The third-order valence-corrected chi connectivity index (χ3v) is 3.10. The van der Waals surface area contributed by atoms with E-state index in [0.29, 0.717) is 13.0 Å². The Bertz CT molecular complexity index is 497. The van der Waals surface area contributed by atoms with E-state index in [1.807, 2.05) is 11.9 Å². The summed E-state index contributed by atoms with van der Waals surface area (Å²) in [6.07, 6.45) is 2.00. The fourth-order valence-corrected chi connectivity index (χ4v) is 2.05. The van der Waals surface area contributed by atoms with Crippen molar-refractivity contribution in [2.24, 2.45) is 5.92 Å². The van der Waals surface area contributed by atoms with Crippen molar-refractivity contribution in [1.82, 2.24) is 9.88 Å². The molecular formula is C12H14N4O2. The summed E-state index contributed by atoms with van der Waals surface area (Å²) in [4.78, 5) is 17.7. The second kappa shape index (κ2) is 5.02. The van der Waals surface area contributed by atoms with Crippen LogP contribution in [0.25, 0.3) is 0 Å². The molecule has 0 aromatic carbocycles. The number of hydrogen-bond donors (Lipinski definition) is 2. The number of aromatic nitrogens is 1. The second-order valence-electron chi connectivity index (χ2n) is 4.38. The van der Waals surface area contributed by atoms with Crippen LogP contribution in [0.1, 0.15) is 6.42 Å². The third-order valence-electron chi connectivity index (χ3n) is 3.10. The predicted octanol–water partition coefficient (Wildman–Crippen LogP) is 0.570. The number of rotatable bonds is 2. The van der Waals surface area contributed by atoms with Gasteiger partial charge in [0, 0.05) is 12.7 Å². The first kappa shape index (κ1) is 12.3. The van der Waals surface area contributed by atoms with Crippen LogP contribution in [0.3, 0.4) is 0 Å². The van der Waals surface area contributed by atoms with Gasteiger partial charge in [-0.15, -0.1) is 0 Å². The molecule has 1 saturated heterocycles. The largest absolute Gasteiger partial charge is 0.504 e. The van der Waals surface area contributed by atoms with Crippen LogP contribution >= 0.6 is 0 Å². The van der Waals surface area contributed by atoms with Crippen LogP contribution in [0.4, 0.5) is 5.82 Å². The highest BCUT2D eigenvalue weighted by Gasteiger charge is 2.34. The maximum absolute atomic E-state index is 12.0. The summed E-state index contributed by atoms with van der Waals surface area (Å²) in [5, 5.41) is 21.0. The molecule has 2 N–H and O–H groups in total. The van der Waals surface area contributed by atoms with Gasteiger partial charge in [0.25, 0.3) is 0 Å². The topological polar surface area (TPSA) is 89.2 Å². The number of carbonyl (C=O) groups excluding carboxylic acids is 1. The lowest BCUT2D eigenvalue weighted by Gasteiger charge is -2.11. The number of nitriles is 1. The smallest absolute Gasteiger partial charge is 0.230 e. The Morgan fingerprint density at radius 1 is 1.72 bits per heavy atom. The van der Waals surface area contributed by atoms with Gasteiger partial charge in [-0.2, -0.15) is 5.26 Å². The van der Waals surface area contributed by atoms with Crippen molar-refractivity contribution in [1.29, 1.82) is 5.26 Å². The zero-order valence-electron chi connectivity index (χ0n) is 10.00. The van der Waals surface area contributed by atoms with Gasteiger partial charge in [-0.25, -0.2) is 4.98 Å². The van der Waals surface area contributed by atoms with Gasteiger partial charge in [0.05, 0.1) is 18.0 Å². The summed E-state index contributed by atoms with van der Waals surface area (Å²) in [5.41, 5.74) is 0. The van der Waals surface area contributed by atoms with E-state index in [0.717, 1.165) is 0 Å². The number of pyridine rings is 1. The van der Waals surface area contributed by atoms with Gasteiger partial charge in [0.15, 0.2) is 11.6 Å². The first-order chi connectivity index (χ1) is 8.61. The van der Waals surface area contributed by atoms with E-state index in [-0.39, 0.29) is 29.4 Å². The Kier molecular flexibility index (Phi) is 3.44. The van der Waals surface area contributed by atoms with Crippen LogP contribution in [0.5, 0.6) is 5.75 Å². The first-order valence-corrected chi connectivity index (χ1v) is 5.66. The maximum atomic E-state index is 12.0. The number of amides is 1. The number of likely N-dealkylation sites (tertiary alicyclic amines) is 1. The van der Waals surface area contributed by atoms with E-state index in [1.165, 1.54) is 12.3 Å². The summed E-state index contributed by atoms with van der Waals surface area (Å²) >= 11 is 0. The molecule has 1 fully saturated rings. The van der Waals surface area contributed by atoms with E-state index < -0.39 is 0 Å². The SMILES string of the molecule is CN1CC(C(=O)Nc2ncccc2O)CC1C#N. The molecular weight excluding hydrogens is 232 g/mol. The Hall–Kier alpha value is -2.13. The molecule has 6 heteroatoms. The van der Waals surface area contributed by atoms with Gasteiger partial charge in [-0.3, -0.25) is 9.69 Å². The molecule has 2 rings (SSSR count). The Morgan fingerprint density at radius 2 is 2.50 bits per heavy atom. The van der Waals surface area contributed by atoms with Crippen molar-refractivity contribution in [3.8, 4) is 11.8 Å². The summed E-state index contributed by atoms with van der Waals surface area (Å²) < 4.78 is 0. The quantitative estimate of drug-likeness (QED) is 0.796. The minimum Gasteiger partial charge on any atom is -0.504 e. The van der Waals surface area contributed by atoms with Gasteiger partial charge in [-0.1, -0.05) is 0 Å². The zero-order chi connectivity index (χ0) is 13.1. The van der Waals surface area contributed by atoms with Gasteiger partial charge in [0.1, 0.15) is 0 Å². The minimum atomic E-state index is -0.249. The minimum absolute atomic E-state index is 0.0611. The van der Waals surface area contributed by atoms with Crippen LogP contribution in [0, 0.1) is 17.2 Å². The van der Waals surface area contributed by atoms with Gasteiger partial charge >= 0.3 is 0 Å². The summed E-state index contributed by atoms with van der Waals surface area (Å²) in [5.74, 6) is -0.366. The predicted molar refractivity (Wildman–Crippen MR) is 64.7 cm³/mol. The molecule has 2 atom stereocenters. The molecule has 6 nitrogen and oxygen atoms in total. The van der Waals surface area contributed by atoms with Crippen molar-refractivity contribution < 1.29 is 9.90 Å². The number of hydrogen-bond acceptors (Lipinski definition) is 5. The van der Waals surface area contributed by atoms with Crippen LogP contribution in [0.2, 0.25) is 0 Å². The van der Waals surface area contributed by atoms with Crippen molar-refractivity contribution in [3.63, 3.8) is 0 Å². The molecule has 0 saturated carbocycles. The van der Waals surface area contributed by atoms with Crippen LogP contribution < -0.4 is 5.32 Å². The molecule has 2 unspecified atom stereocenters. The molecule has 0 aliphatic carbocycles. The van der Waals surface area contributed by atoms with Gasteiger partial charge in [-0.05, 0) is 25.6 Å². The van der Waals surface area contributed by atoms with Crippen molar-refractivity contribution in [3.05, 3.63) is 18.3 Å². The molecule has 2 heterocycles. The van der Waals surface area contributed by atoms with E-state index in [9.17, 15) is 9.90 Å². The van der Waals surface area contributed by atoms with Crippen LogP contribution in [-0.4, -0.2) is 40.5 Å². The highest BCUT2D eigenvalue weighted by Crippen LogP contribution is 2.24. The molecule has 0 spiro atoms. The van der Waals surface area contributed by atoms with Crippen LogP contribution in [-0.2, 0) is 4.79 Å². The second-order valence-corrected chi connectivity index (χ2v) is 4.38. The lowest BCUT2D eigenvalue weighted by molar-refractivity contribution is -0.119. The fraction of sp³-hybridized carbons (Fsp3) is 0.417. The molecule has 1 aromatic heterocycles. The first-order valence-electron chi connectivity index (χ1n) is 5.66. The summed E-state index contributed by atoms with van der Waals surface area (Å²) in [6.45, 7) is 0.539. The fourth-order valence-electron chi connectivity index (χ4n) is 2.05. The number of aromatic hydroxyl groups is 1. The molecule has 0 radical (unpaired) electrons. The van der Waals surface area contributed by atoms with E-state index in [2.05, 4.69) is 16.4 Å². The number of carbonyl (C=O) groups is 1. The standard InChI is InChI=1S/C12H14N4O2/c1-16-7-8(5-9(16)6-13)12(18)15-11-10(17)3-2-4-14-11/h2-4,8-9,17H,5,7H2,1H3,(H,14,15,18). The molecule has 18 heavy (non-hydrogen) atoms. The number of anilines is 1. The van der Waals surface area contributed by atoms with Gasteiger partial charge in [0.2, 0.25) is 5.91 Å². The Balaban J connectivity index is 2.02. The number of nitrogens with zero attached hydrogens (tertiary/aromatic N) is 3. The monoisotopic (exact) mass is 246 g/mol. The van der Waals surface area contributed by atoms with E-state index >= 15 is 0 Å². The lowest BCUT2D eigenvalue weighted by atomic mass is 10.1. The van der Waals surface area contributed by atoms with Crippen LogP contribution in [0.15, 0.2) is 18.3 Å². The van der Waals surface area contributed by atoms with Crippen molar-refractivity contribution in [2.75, 3.05) is 18.9 Å². The average molecular weight is 246 g/mol. The van der Waals surface area contributed by atoms with E-state index in [1.54, 1.807) is 6.07 Å².